The lowest BCUT2D eigenvalue weighted by molar-refractivity contribution is 0.579. The van der Waals surface area contributed by atoms with Crippen LogP contribution in [0.4, 0.5) is 0 Å². The van der Waals surface area contributed by atoms with Gasteiger partial charge in [-0.25, -0.2) is 21.6 Å². The molecule has 0 unspecified atom stereocenters. The van der Waals surface area contributed by atoms with Crippen molar-refractivity contribution in [2.24, 2.45) is 0 Å². The quantitative estimate of drug-likeness (QED) is 0.672. The van der Waals surface area contributed by atoms with Gasteiger partial charge in [0.15, 0.2) is 0 Å². The Labute approximate surface area is 165 Å². The van der Waals surface area contributed by atoms with Gasteiger partial charge in [-0.2, -0.15) is 0 Å². The Hall–Kier alpha value is -2.48. The minimum atomic E-state index is -3.82. The van der Waals surface area contributed by atoms with Crippen LogP contribution >= 0.6 is 0 Å². The molecule has 7 heteroatoms. The van der Waals surface area contributed by atoms with Crippen molar-refractivity contribution in [1.82, 2.24) is 4.72 Å². The molecule has 28 heavy (non-hydrogen) atoms. The van der Waals surface area contributed by atoms with Crippen LogP contribution in [0.1, 0.15) is 17.9 Å². The minimum absolute atomic E-state index is 0.0445. The number of sulfone groups is 1. The minimum Gasteiger partial charge on any atom is -0.219 e. The highest BCUT2D eigenvalue weighted by atomic mass is 32.2. The van der Waals surface area contributed by atoms with Gasteiger partial charge in [0.25, 0.3) is 0 Å². The van der Waals surface area contributed by atoms with Crippen LogP contribution in [0, 0.1) is 0 Å². The average molecular weight is 414 g/mol. The molecule has 0 aromatic heterocycles. The van der Waals surface area contributed by atoms with Crippen LogP contribution in [-0.4, -0.2) is 22.9 Å². The molecular weight excluding hydrogens is 394 g/mol. The van der Waals surface area contributed by atoms with Crippen molar-refractivity contribution in [3.8, 4) is 0 Å². The van der Waals surface area contributed by atoms with Crippen LogP contribution in [0.5, 0.6) is 0 Å². The van der Waals surface area contributed by atoms with Crippen molar-refractivity contribution >= 4 is 19.9 Å². The molecule has 0 spiro atoms. The first-order chi connectivity index (χ1) is 13.4. The summed E-state index contributed by atoms with van der Waals surface area (Å²) in [4.78, 5) is 0.0315. The number of nitrogens with one attached hydrogen (secondary N) is 1. The van der Waals surface area contributed by atoms with E-state index >= 15 is 0 Å². The Kier molecular flexibility index (Phi) is 4.82. The fraction of sp³-hybridized carbons (Fsp3) is 0.143. The molecule has 4 rings (SSSR count). The topological polar surface area (TPSA) is 80.3 Å². The second kappa shape index (κ2) is 7.16. The fourth-order valence-corrected chi connectivity index (χ4v) is 5.94. The smallest absolute Gasteiger partial charge is 0.219 e. The van der Waals surface area contributed by atoms with Crippen molar-refractivity contribution in [3.63, 3.8) is 0 Å². The molecule has 0 bridgehead atoms. The van der Waals surface area contributed by atoms with E-state index in [4.69, 9.17) is 0 Å². The molecule has 1 aliphatic rings. The molecule has 144 valence electrons. The molecule has 0 saturated heterocycles. The van der Waals surface area contributed by atoms with Crippen LogP contribution in [0.15, 0.2) is 99.6 Å². The second-order valence-corrected chi connectivity index (χ2v) is 10.4. The number of hydrogen-bond acceptors (Lipinski definition) is 4. The highest BCUT2D eigenvalue weighted by molar-refractivity contribution is 7.91. The van der Waals surface area contributed by atoms with Crippen molar-refractivity contribution in [3.05, 3.63) is 90.5 Å². The van der Waals surface area contributed by atoms with Gasteiger partial charge in [-0.15, -0.1) is 0 Å². The van der Waals surface area contributed by atoms with Gasteiger partial charge in [0, 0.05) is 12.0 Å². The lowest BCUT2D eigenvalue weighted by Crippen LogP contribution is -2.27. The molecule has 1 N–H and O–H groups in total. The Balaban J connectivity index is 1.57. The molecule has 0 amide bonds. The summed E-state index contributed by atoms with van der Waals surface area (Å²) >= 11 is 0. The van der Waals surface area contributed by atoms with Crippen LogP contribution < -0.4 is 4.72 Å². The molecule has 3 aromatic carbocycles. The van der Waals surface area contributed by atoms with E-state index in [0.717, 1.165) is 12.0 Å². The maximum absolute atomic E-state index is 12.8. The normalized spacial score (nSPS) is 19.3. The zero-order valence-corrected chi connectivity index (χ0v) is 16.5. The van der Waals surface area contributed by atoms with Gasteiger partial charge < -0.3 is 0 Å². The van der Waals surface area contributed by atoms with E-state index in [1.165, 1.54) is 36.4 Å². The lowest BCUT2D eigenvalue weighted by Gasteiger charge is -2.09. The Morgan fingerprint density at radius 3 is 1.93 bits per heavy atom. The average Bonchev–Trinajstić information content (AvgIpc) is 3.48. The molecule has 0 radical (unpaired) electrons. The van der Waals surface area contributed by atoms with Gasteiger partial charge in [0.2, 0.25) is 19.9 Å². The predicted molar refractivity (Wildman–Crippen MR) is 106 cm³/mol. The van der Waals surface area contributed by atoms with Crippen LogP contribution in [0.25, 0.3) is 0 Å². The number of sulfonamides is 1. The standard InChI is InChI=1S/C21H19NO4S2/c23-27(24,17-10-5-2-6-11-17)18-12-7-13-19(14-18)28(25,26)22-21-15-20(21)16-8-3-1-4-9-16/h1-14,20-22H,15H2/t20-,21+/m1/s1. The summed E-state index contributed by atoms with van der Waals surface area (Å²) in [6.07, 6.45) is 0.727. The maximum atomic E-state index is 12.8. The van der Waals surface area contributed by atoms with Gasteiger partial charge >= 0.3 is 0 Å². The van der Waals surface area contributed by atoms with Crippen LogP contribution in [0.3, 0.4) is 0 Å². The van der Waals surface area contributed by atoms with Gasteiger partial charge in [-0.3, -0.25) is 0 Å². The first-order valence-corrected chi connectivity index (χ1v) is 11.8. The Morgan fingerprint density at radius 1 is 0.679 bits per heavy atom. The molecule has 0 aliphatic heterocycles. The summed E-state index contributed by atoms with van der Waals surface area (Å²) in [6.45, 7) is 0. The van der Waals surface area contributed by atoms with Crippen LogP contribution in [-0.2, 0) is 19.9 Å². The fourth-order valence-electron chi connectivity index (χ4n) is 3.21. The molecule has 1 fully saturated rings. The first kappa shape index (κ1) is 18.9. The van der Waals surface area contributed by atoms with Crippen molar-refractivity contribution in [2.75, 3.05) is 0 Å². The lowest BCUT2D eigenvalue weighted by atomic mass is 10.1. The van der Waals surface area contributed by atoms with Crippen LogP contribution in [0.2, 0.25) is 0 Å². The number of hydrogen-bond donors (Lipinski definition) is 1. The van der Waals surface area contributed by atoms with Gasteiger partial charge in [-0.05, 0) is 42.3 Å². The predicted octanol–water partition coefficient (Wildman–Crippen LogP) is 3.35. The summed E-state index contributed by atoms with van der Waals surface area (Å²) in [5, 5.41) is 0. The van der Waals surface area contributed by atoms with E-state index in [1.807, 2.05) is 30.3 Å². The van der Waals surface area contributed by atoms with E-state index in [2.05, 4.69) is 4.72 Å². The Morgan fingerprint density at radius 2 is 1.25 bits per heavy atom. The first-order valence-electron chi connectivity index (χ1n) is 8.85. The number of benzene rings is 3. The molecule has 5 nitrogen and oxygen atoms in total. The van der Waals surface area contributed by atoms with E-state index in [-0.39, 0.29) is 26.6 Å². The van der Waals surface area contributed by atoms with Gasteiger partial charge in [-0.1, -0.05) is 54.6 Å². The van der Waals surface area contributed by atoms with Crippen molar-refractivity contribution in [2.45, 2.75) is 33.1 Å². The summed E-state index contributed by atoms with van der Waals surface area (Å²) in [5.41, 5.74) is 1.09. The van der Waals surface area contributed by atoms with Crippen molar-refractivity contribution < 1.29 is 16.8 Å². The zero-order chi connectivity index (χ0) is 19.8. The third-order valence-corrected chi connectivity index (χ3v) is 8.06. The monoisotopic (exact) mass is 413 g/mol. The number of rotatable bonds is 6. The maximum Gasteiger partial charge on any atom is 0.240 e. The third-order valence-electron chi connectivity index (χ3n) is 4.80. The van der Waals surface area contributed by atoms with E-state index in [0.29, 0.717) is 0 Å². The molecule has 2 atom stereocenters. The Bertz CT molecular complexity index is 1190. The SMILES string of the molecule is O=S(=O)(N[C@H]1C[C@@H]1c1ccccc1)c1cccc(S(=O)(=O)c2ccccc2)c1. The largest absolute Gasteiger partial charge is 0.240 e. The van der Waals surface area contributed by atoms with E-state index in [9.17, 15) is 16.8 Å². The van der Waals surface area contributed by atoms with Gasteiger partial charge in [0.05, 0.1) is 14.7 Å². The van der Waals surface area contributed by atoms with Gasteiger partial charge in [0.1, 0.15) is 0 Å². The highest BCUT2D eigenvalue weighted by Crippen LogP contribution is 2.41. The molecular formula is C21H19NO4S2. The molecule has 1 saturated carbocycles. The molecule has 0 heterocycles. The summed E-state index contributed by atoms with van der Waals surface area (Å²) in [6, 6.07) is 23.0. The summed E-state index contributed by atoms with van der Waals surface area (Å²) < 4.78 is 53.8. The summed E-state index contributed by atoms with van der Waals surface area (Å²) in [5.74, 6) is 0.146. The zero-order valence-electron chi connectivity index (χ0n) is 14.9. The highest BCUT2D eigenvalue weighted by Gasteiger charge is 2.41. The molecule has 1 aliphatic carbocycles. The van der Waals surface area contributed by atoms with E-state index in [1.54, 1.807) is 18.2 Å². The summed E-state index contributed by atoms with van der Waals surface area (Å²) in [7, 11) is -7.60. The third kappa shape index (κ3) is 3.73. The molecule has 3 aromatic rings. The van der Waals surface area contributed by atoms with E-state index < -0.39 is 19.9 Å². The van der Waals surface area contributed by atoms with Crippen molar-refractivity contribution in [1.29, 1.82) is 0 Å². The second-order valence-electron chi connectivity index (χ2n) is 6.77.